The van der Waals surface area contributed by atoms with Gasteiger partial charge in [0.1, 0.15) is 0 Å². The Morgan fingerprint density at radius 2 is 1.61 bits per heavy atom. The minimum absolute atomic E-state index is 0.134. The number of pyridine rings is 1. The number of benzene rings is 2. The average Bonchev–Trinajstić information content (AvgIpc) is 2.77. The van der Waals surface area contributed by atoms with E-state index in [1.54, 1.807) is 0 Å². The van der Waals surface area contributed by atoms with Gasteiger partial charge in [-0.15, -0.1) is 0 Å². The van der Waals surface area contributed by atoms with Crippen LogP contribution in [0.15, 0.2) is 83.3 Å². The molecule has 1 aromatic heterocycles. The monoisotopic (exact) mass is 367 g/mol. The molecule has 0 fully saturated rings. The number of hydrogen-bond acceptors (Lipinski definition) is 2. The molecule has 138 valence electrons. The molecule has 4 nitrogen and oxygen atoms in total. The van der Waals surface area contributed by atoms with Crippen LogP contribution in [-0.2, 0) is 0 Å². The van der Waals surface area contributed by atoms with Crippen molar-refractivity contribution in [1.29, 1.82) is 0 Å². The normalized spacial score (nSPS) is 13.5. The molecule has 4 rings (SSSR count). The molecule has 0 radical (unpaired) electrons. The largest absolute Gasteiger partial charge is 0.297 e. The summed E-state index contributed by atoms with van der Waals surface area (Å²) in [6.45, 7) is 7.64. The van der Waals surface area contributed by atoms with Gasteiger partial charge in [-0.05, 0) is 42.9 Å². The van der Waals surface area contributed by atoms with Crippen LogP contribution in [-0.4, -0.2) is 4.68 Å². The predicted octanol–water partition coefficient (Wildman–Crippen LogP) is 5.73. The lowest BCUT2D eigenvalue weighted by Crippen LogP contribution is -2.30. The molecule has 0 aliphatic heterocycles. The van der Waals surface area contributed by atoms with E-state index in [0.29, 0.717) is 5.56 Å². The highest BCUT2D eigenvalue weighted by molar-refractivity contribution is 5.82. The molecule has 1 N–H and O–H groups in total. The number of nitrogens with one attached hydrogen (secondary N) is 1. The van der Waals surface area contributed by atoms with Gasteiger partial charge >= 0.3 is 0 Å². The fourth-order valence-electron chi connectivity index (χ4n) is 3.56. The van der Waals surface area contributed by atoms with E-state index in [0.717, 1.165) is 41.8 Å². The molecule has 0 atom stereocenters. The van der Waals surface area contributed by atoms with Crippen LogP contribution in [0.3, 0.4) is 0 Å². The predicted molar refractivity (Wildman–Crippen MR) is 114 cm³/mol. The average molecular weight is 367 g/mol. The third kappa shape index (κ3) is 3.47. The molecule has 2 aromatic carbocycles. The van der Waals surface area contributed by atoms with Gasteiger partial charge in [-0.1, -0.05) is 66.7 Å². The smallest absolute Gasteiger partial charge is 0.276 e. The number of nitrogens with zero attached hydrogens (tertiary/aromatic N) is 2. The van der Waals surface area contributed by atoms with Gasteiger partial charge in [-0.3, -0.25) is 10.2 Å². The highest BCUT2D eigenvalue weighted by Gasteiger charge is 2.18. The third-order valence-electron chi connectivity index (χ3n) is 5.00. The number of rotatable bonds is 4. The lowest BCUT2D eigenvalue weighted by atomic mass is 10.0. The van der Waals surface area contributed by atoms with Crippen LogP contribution < -0.4 is 11.0 Å². The molecule has 0 unspecified atom stereocenters. The summed E-state index contributed by atoms with van der Waals surface area (Å²) in [6, 6.07) is 21.4. The molecule has 0 spiro atoms. The molecule has 1 aliphatic rings. The van der Waals surface area contributed by atoms with E-state index in [9.17, 15) is 4.79 Å². The lowest BCUT2D eigenvalue weighted by Gasteiger charge is -2.21. The molecule has 0 saturated heterocycles. The van der Waals surface area contributed by atoms with Crippen molar-refractivity contribution < 1.29 is 0 Å². The Hall–Kier alpha value is -3.58. The Labute approximate surface area is 164 Å². The molecular weight excluding hydrogens is 346 g/mol. The second-order valence-electron chi connectivity index (χ2n) is 6.86. The van der Waals surface area contributed by atoms with E-state index in [4.69, 9.17) is 6.57 Å². The number of hydrogen-bond donors (Lipinski definition) is 1. The van der Waals surface area contributed by atoms with Gasteiger partial charge in [0.15, 0.2) is 0 Å². The van der Waals surface area contributed by atoms with Crippen molar-refractivity contribution in [2.45, 2.75) is 25.7 Å². The molecule has 3 aromatic rings. The van der Waals surface area contributed by atoms with Gasteiger partial charge in [0.25, 0.3) is 11.2 Å². The van der Waals surface area contributed by atoms with Crippen LogP contribution in [0.5, 0.6) is 0 Å². The first-order valence-electron chi connectivity index (χ1n) is 9.52. The molecule has 0 bridgehead atoms. The Kier molecular flexibility index (Phi) is 5.07. The highest BCUT2D eigenvalue weighted by Crippen LogP contribution is 2.32. The van der Waals surface area contributed by atoms with E-state index in [-0.39, 0.29) is 11.2 Å². The first-order valence-corrected chi connectivity index (χ1v) is 9.52. The van der Waals surface area contributed by atoms with Crippen molar-refractivity contribution in [2.75, 3.05) is 5.43 Å². The van der Waals surface area contributed by atoms with Crippen LogP contribution in [0.2, 0.25) is 0 Å². The molecule has 1 aliphatic carbocycles. The van der Waals surface area contributed by atoms with Gasteiger partial charge < -0.3 is 0 Å². The Morgan fingerprint density at radius 1 is 0.929 bits per heavy atom. The van der Waals surface area contributed by atoms with Crippen LogP contribution in [0.1, 0.15) is 25.7 Å². The maximum absolute atomic E-state index is 13.3. The van der Waals surface area contributed by atoms with Crippen molar-refractivity contribution >= 4 is 5.69 Å². The summed E-state index contributed by atoms with van der Waals surface area (Å²) in [6.07, 6.45) is 6.34. The van der Waals surface area contributed by atoms with E-state index < -0.39 is 0 Å². The van der Waals surface area contributed by atoms with E-state index in [1.165, 1.54) is 11.1 Å². The van der Waals surface area contributed by atoms with Gasteiger partial charge in [0.05, 0.1) is 12.3 Å². The SMILES string of the molecule is [C-]#[N+]c1c(-c2ccccc2)cc(-c2ccccc2)n(NC2=CCCCC2)c1=O. The summed E-state index contributed by atoms with van der Waals surface area (Å²) in [5, 5.41) is 0. The summed E-state index contributed by atoms with van der Waals surface area (Å²) >= 11 is 0. The second-order valence-corrected chi connectivity index (χ2v) is 6.86. The molecule has 4 heteroatoms. The van der Waals surface area contributed by atoms with E-state index in [1.807, 2.05) is 66.7 Å². The Bertz CT molecular complexity index is 1110. The Morgan fingerprint density at radius 3 is 2.21 bits per heavy atom. The van der Waals surface area contributed by atoms with Crippen LogP contribution >= 0.6 is 0 Å². The summed E-state index contributed by atoms with van der Waals surface area (Å²) in [4.78, 5) is 16.9. The zero-order chi connectivity index (χ0) is 19.3. The Balaban J connectivity index is 1.95. The summed E-state index contributed by atoms with van der Waals surface area (Å²) in [5.41, 5.74) is 7.35. The molecule has 0 saturated carbocycles. The quantitative estimate of drug-likeness (QED) is 0.598. The summed E-state index contributed by atoms with van der Waals surface area (Å²) < 4.78 is 1.53. The van der Waals surface area contributed by atoms with Crippen molar-refractivity contribution in [1.82, 2.24) is 4.68 Å². The van der Waals surface area contributed by atoms with Gasteiger partial charge in [0, 0.05) is 11.3 Å². The van der Waals surface area contributed by atoms with Crippen molar-refractivity contribution in [3.8, 4) is 22.4 Å². The fourth-order valence-corrected chi connectivity index (χ4v) is 3.56. The molecule has 0 amide bonds. The number of allylic oxidation sites excluding steroid dienone is 2. The summed E-state index contributed by atoms with van der Waals surface area (Å²) in [7, 11) is 0. The molecule has 28 heavy (non-hydrogen) atoms. The lowest BCUT2D eigenvalue weighted by molar-refractivity contribution is 0.682. The minimum Gasteiger partial charge on any atom is -0.297 e. The zero-order valence-corrected chi connectivity index (χ0v) is 15.6. The first-order chi connectivity index (χ1) is 13.8. The maximum atomic E-state index is 13.3. The van der Waals surface area contributed by atoms with Gasteiger partial charge in [0.2, 0.25) is 0 Å². The van der Waals surface area contributed by atoms with Crippen molar-refractivity contribution in [3.05, 3.63) is 100 Å². The maximum Gasteiger partial charge on any atom is 0.276 e. The second kappa shape index (κ2) is 7.98. The minimum atomic E-state index is -0.318. The number of aromatic nitrogens is 1. The van der Waals surface area contributed by atoms with Crippen molar-refractivity contribution in [2.24, 2.45) is 0 Å². The van der Waals surface area contributed by atoms with Crippen LogP contribution in [0, 0.1) is 6.57 Å². The molecule has 1 heterocycles. The van der Waals surface area contributed by atoms with E-state index >= 15 is 0 Å². The first kappa shape index (κ1) is 17.8. The standard InChI is InChI=1S/C24H21N3O/c1-25-23-21(18-11-5-2-6-12-18)17-22(19-13-7-3-8-14-19)27(24(23)28)26-20-15-9-4-10-16-20/h2-3,5-8,11-15,17,26H,4,9-10,16H2. The van der Waals surface area contributed by atoms with Gasteiger partial charge in [-0.25, -0.2) is 9.52 Å². The fraction of sp³-hybridized carbons (Fsp3) is 0.167. The highest BCUT2D eigenvalue weighted by atomic mass is 16.1. The molecular formula is C24H21N3O. The summed E-state index contributed by atoms with van der Waals surface area (Å²) in [5.74, 6) is 0. The topological polar surface area (TPSA) is 38.4 Å². The van der Waals surface area contributed by atoms with Crippen LogP contribution in [0.4, 0.5) is 5.69 Å². The van der Waals surface area contributed by atoms with E-state index in [2.05, 4.69) is 16.3 Å². The van der Waals surface area contributed by atoms with Crippen molar-refractivity contribution in [3.63, 3.8) is 0 Å². The third-order valence-corrected chi connectivity index (χ3v) is 5.00. The van der Waals surface area contributed by atoms with Gasteiger partial charge in [-0.2, -0.15) is 0 Å². The zero-order valence-electron chi connectivity index (χ0n) is 15.6. The van der Waals surface area contributed by atoms with Crippen LogP contribution in [0.25, 0.3) is 27.2 Å².